The number of ketones is 1. The molecule has 1 aromatic rings. The number of fused-ring (bicyclic) bond motifs is 1. The van der Waals surface area contributed by atoms with Gasteiger partial charge < -0.3 is 4.57 Å². The number of hydrogen-bond donors (Lipinski definition) is 0. The van der Waals surface area contributed by atoms with Crippen LogP contribution in [0.4, 0.5) is 0 Å². The molecule has 1 heterocycles. The predicted octanol–water partition coefficient (Wildman–Crippen LogP) is 4.22. The quantitative estimate of drug-likeness (QED) is 0.779. The minimum Gasteiger partial charge on any atom is -0.350 e. The smallest absolute Gasteiger partial charge is 0.165 e. The van der Waals surface area contributed by atoms with Crippen molar-refractivity contribution in [2.45, 2.75) is 65.8 Å². The summed E-state index contributed by atoms with van der Waals surface area (Å²) in [5.41, 5.74) is 2.84. The normalized spacial score (nSPS) is 24.5. The maximum Gasteiger partial charge on any atom is 0.165 e. The van der Waals surface area contributed by atoms with Gasteiger partial charge in [0.2, 0.25) is 0 Å². The van der Waals surface area contributed by atoms with Crippen molar-refractivity contribution in [3.63, 3.8) is 0 Å². The van der Waals surface area contributed by atoms with Crippen molar-refractivity contribution in [3.8, 4) is 0 Å². The van der Waals surface area contributed by atoms with Crippen LogP contribution in [0.3, 0.4) is 0 Å². The summed E-state index contributed by atoms with van der Waals surface area (Å²) >= 11 is 0. The second-order valence-corrected chi connectivity index (χ2v) is 7.76. The van der Waals surface area contributed by atoms with Crippen LogP contribution in [-0.4, -0.2) is 10.4 Å². The fourth-order valence-electron chi connectivity index (χ4n) is 3.95. The van der Waals surface area contributed by atoms with Gasteiger partial charge in [-0.2, -0.15) is 0 Å². The summed E-state index contributed by atoms with van der Waals surface area (Å²) in [6, 6.07) is 2.05. The highest BCUT2D eigenvalue weighted by Gasteiger charge is 2.35. The number of aromatic nitrogens is 1. The van der Waals surface area contributed by atoms with Gasteiger partial charge in [-0.25, -0.2) is 0 Å². The molecule has 0 unspecified atom stereocenters. The standard InChI is InChI=1S/C17H25NO/c1-16(2)10-14-13(15(19)11-16)6-9-18(14)12-17(3)7-4-5-8-17/h6,9H,4-5,7-8,10-12H2,1-3H3. The Kier molecular flexibility index (Phi) is 2.88. The highest BCUT2D eigenvalue weighted by Crippen LogP contribution is 2.41. The molecule has 2 aliphatic carbocycles. The lowest BCUT2D eigenvalue weighted by molar-refractivity contribution is 0.0908. The van der Waals surface area contributed by atoms with E-state index in [1.165, 1.54) is 31.4 Å². The Morgan fingerprint density at radius 2 is 1.84 bits per heavy atom. The van der Waals surface area contributed by atoms with E-state index in [1.54, 1.807) is 0 Å². The molecule has 1 aromatic heterocycles. The summed E-state index contributed by atoms with van der Waals surface area (Å²) in [6.45, 7) is 7.92. The third kappa shape index (κ3) is 2.37. The van der Waals surface area contributed by atoms with Gasteiger partial charge in [0.1, 0.15) is 0 Å². The zero-order chi connectivity index (χ0) is 13.7. The van der Waals surface area contributed by atoms with E-state index in [0.29, 0.717) is 17.6 Å². The molecular formula is C17H25NO. The zero-order valence-corrected chi connectivity index (χ0v) is 12.5. The predicted molar refractivity (Wildman–Crippen MR) is 77.4 cm³/mol. The molecular weight excluding hydrogens is 234 g/mol. The fourth-order valence-corrected chi connectivity index (χ4v) is 3.95. The van der Waals surface area contributed by atoms with Crippen molar-refractivity contribution in [3.05, 3.63) is 23.5 Å². The van der Waals surface area contributed by atoms with Gasteiger partial charge in [0, 0.05) is 30.4 Å². The first-order valence-electron chi connectivity index (χ1n) is 7.60. The topological polar surface area (TPSA) is 22.0 Å². The van der Waals surface area contributed by atoms with Crippen molar-refractivity contribution in [2.75, 3.05) is 0 Å². The van der Waals surface area contributed by atoms with Crippen molar-refractivity contribution >= 4 is 5.78 Å². The van der Waals surface area contributed by atoms with Crippen molar-refractivity contribution in [1.29, 1.82) is 0 Å². The SMILES string of the molecule is CC1(C)CC(=O)c2ccn(CC3(C)CCCC3)c2C1. The Labute approximate surface area is 116 Å². The van der Waals surface area contributed by atoms with Crippen LogP contribution in [0.1, 0.15) is 68.9 Å². The highest BCUT2D eigenvalue weighted by molar-refractivity contribution is 5.98. The third-order valence-corrected chi connectivity index (χ3v) is 5.03. The third-order valence-electron chi connectivity index (χ3n) is 5.03. The van der Waals surface area contributed by atoms with E-state index in [2.05, 4.69) is 31.5 Å². The summed E-state index contributed by atoms with van der Waals surface area (Å²) in [6.07, 6.45) is 9.27. The molecule has 0 aromatic carbocycles. The van der Waals surface area contributed by atoms with Gasteiger partial charge in [0.25, 0.3) is 0 Å². The Morgan fingerprint density at radius 1 is 1.16 bits per heavy atom. The van der Waals surface area contributed by atoms with Gasteiger partial charge in [-0.3, -0.25) is 4.79 Å². The second-order valence-electron chi connectivity index (χ2n) is 7.76. The lowest BCUT2D eigenvalue weighted by Crippen LogP contribution is -2.29. The molecule has 2 heteroatoms. The van der Waals surface area contributed by atoms with Crippen LogP contribution in [0.5, 0.6) is 0 Å². The Balaban J connectivity index is 1.90. The van der Waals surface area contributed by atoms with Gasteiger partial charge >= 0.3 is 0 Å². The second kappa shape index (κ2) is 4.22. The van der Waals surface area contributed by atoms with E-state index in [1.807, 2.05) is 6.07 Å². The maximum absolute atomic E-state index is 12.2. The summed E-state index contributed by atoms with van der Waals surface area (Å²) < 4.78 is 2.37. The maximum atomic E-state index is 12.2. The Hall–Kier alpha value is -1.05. The summed E-state index contributed by atoms with van der Waals surface area (Å²) in [5.74, 6) is 0.335. The first-order valence-corrected chi connectivity index (χ1v) is 7.60. The number of rotatable bonds is 2. The summed E-state index contributed by atoms with van der Waals surface area (Å²) in [7, 11) is 0. The highest BCUT2D eigenvalue weighted by atomic mass is 16.1. The Bertz CT molecular complexity index is 503. The molecule has 0 saturated heterocycles. The summed E-state index contributed by atoms with van der Waals surface area (Å²) in [5, 5.41) is 0. The fraction of sp³-hybridized carbons (Fsp3) is 0.706. The monoisotopic (exact) mass is 259 g/mol. The van der Waals surface area contributed by atoms with Crippen molar-refractivity contribution < 1.29 is 4.79 Å². The van der Waals surface area contributed by atoms with Gasteiger partial charge in [0.05, 0.1) is 0 Å². The van der Waals surface area contributed by atoms with Crippen LogP contribution in [-0.2, 0) is 13.0 Å². The number of hydrogen-bond acceptors (Lipinski definition) is 1. The molecule has 2 aliphatic rings. The number of Topliss-reactive ketones (excluding diaryl/α,β-unsaturated/α-hetero) is 1. The molecule has 0 aliphatic heterocycles. The lowest BCUT2D eigenvalue weighted by atomic mass is 9.76. The van der Waals surface area contributed by atoms with Crippen LogP contribution in [0.15, 0.2) is 12.3 Å². The molecule has 0 N–H and O–H groups in total. The number of carbonyl (C=O) groups is 1. The average molecular weight is 259 g/mol. The molecule has 1 fully saturated rings. The van der Waals surface area contributed by atoms with E-state index in [4.69, 9.17) is 0 Å². The molecule has 0 atom stereocenters. The molecule has 0 amide bonds. The van der Waals surface area contributed by atoms with Crippen LogP contribution in [0, 0.1) is 10.8 Å². The molecule has 1 saturated carbocycles. The number of nitrogens with zero attached hydrogens (tertiary/aromatic N) is 1. The molecule has 19 heavy (non-hydrogen) atoms. The molecule has 0 radical (unpaired) electrons. The minimum absolute atomic E-state index is 0.122. The molecule has 3 rings (SSSR count). The van der Waals surface area contributed by atoms with Gasteiger partial charge in [0.15, 0.2) is 5.78 Å². The largest absolute Gasteiger partial charge is 0.350 e. The van der Waals surface area contributed by atoms with Crippen LogP contribution >= 0.6 is 0 Å². The van der Waals surface area contributed by atoms with Gasteiger partial charge in [-0.1, -0.05) is 33.6 Å². The van der Waals surface area contributed by atoms with E-state index in [-0.39, 0.29) is 5.41 Å². The molecule has 0 bridgehead atoms. The first kappa shape index (κ1) is 13.0. The molecule has 104 valence electrons. The minimum atomic E-state index is 0.122. The van der Waals surface area contributed by atoms with Crippen molar-refractivity contribution in [1.82, 2.24) is 4.57 Å². The van der Waals surface area contributed by atoms with E-state index in [9.17, 15) is 4.79 Å². The van der Waals surface area contributed by atoms with Gasteiger partial charge in [-0.15, -0.1) is 0 Å². The lowest BCUT2D eigenvalue weighted by Gasteiger charge is -2.32. The zero-order valence-electron chi connectivity index (χ0n) is 12.5. The van der Waals surface area contributed by atoms with Crippen LogP contribution in [0.25, 0.3) is 0 Å². The molecule has 0 spiro atoms. The van der Waals surface area contributed by atoms with E-state index < -0.39 is 0 Å². The van der Waals surface area contributed by atoms with Crippen molar-refractivity contribution in [2.24, 2.45) is 10.8 Å². The van der Waals surface area contributed by atoms with E-state index >= 15 is 0 Å². The van der Waals surface area contributed by atoms with E-state index in [0.717, 1.165) is 18.5 Å². The van der Waals surface area contributed by atoms with Crippen LogP contribution in [0.2, 0.25) is 0 Å². The molecule has 2 nitrogen and oxygen atoms in total. The Morgan fingerprint density at radius 3 is 2.53 bits per heavy atom. The number of carbonyl (C=O) groups excluding carboxylic acids is 1. The average Bonchev–Trinajstić information content (AvgIpc) is 2.86. The first-order chi connectivity index (χ1) is 8.89. The van der Waals surface area contributed by atoms with Crippen LogP contribution < -0.4 is 0 Å². The summed E-state index contributed by atoms with van der Waals surface area (Å²) in [4.78, 5) is 12.2. The van der Waals surface area contributed by atoms with Gasteiger partial charge in [-0.05, 0) is 36.2 Å².